The third-order valence-electron chi connectivity index (χ3n) is 4.87. The van der Waals surface area contributed by atoms with E-state index in [0.29, 0.717) is 12.0 Å². The smallest absolute Gasteiger partial charge is 0.191 e. The van der Waals surface area contributed by atoms with Crippen LogP contribution in [0.4, 0.5) is 0 Å². The lowest BCUT2D eigenvalue weighted by atomic mass is 10.0. The van der Waals surface area contributed by atoms with Crippen molar-refractivity contribution >= 4 is 5.96 Å². The number of hydrogen-bond acceptors (Lipinski definition) is 3. The van der Waals surface area contributed by atoms with Crippen LogP contribution in [0.1, 0.15) is 53.9 Å². The summed E-state index contributed by atoms with van der Waals surface area (Å²) < 4.78 is 0. The Balaban J connectivity index is 2.35. The Kier molecular flexibility index (Phi) is 11.1. The second kappa shape index (κ2) is 12.5. The van der Waals surface area contributed by atoms with E-state index >= 15 is 0 Å². The van der Waals surface area contributed by atoms with E-state index in [-0.39, 0.29) is 0 Å². The Hall–Kier alpha value is -0.810. The van der Waals surface area contributed by atoms with Crippen molar-refractivity contribution in [1.82, 2.24) is 20.4 Å². The normalized spacial score (nSPS) is 19.9. The fourth-order valence-corrected chi connectivity index (χ4v) is 3.23. The van der Waals surface area contributed by atoms with Crippen molar-refractivity contribution < 1.29 is 0 Å². The lowest BCUT2D eigenvalue weighted by Crippen LogP contribution is -2.46. The largest absolute Gasteiger partial charge is 0.357 e. The van der Waals surface area contributed by atoms with Gasteiger partial charge in [-0.15, -0.1) is 0 Å². The number of rotatable bonds is 10. The molecule has 0 spiro atoms. The first-order chi connectivity index (χ1) is 11.9. The predicted octanol–water partition coefficient (Wildman–Crippen LogP) is 2.64. The highest BCUT2D eigenvalue weighted by molar-refractivity contribution is 5.80. The monoisotopic (exact) mass is 353 g/mol. The van der Waals surface area contributed by atoms with Gasteiger partial charge in [-0.1, -0.05) is 33.6 Å². The van der Waals surface area contributed by atoms with Crippen molar-refractivity contribution in [1.29, 1.82) is 0 Å². The number of nitrogens with zero attached hydrogens (tertiary/aromatic N) is 3. The fraction of sp³-hybridized carbons (Fsp3) is 0.950. The number of likely N-dealkylation sites (N-methyl/N-ethyl adjacent to an activating group) is 1. The molecular weight excluding hydrogens is 310 g/mol. The summed E-state index contributed by atoms with van der Waals surface area (Å²) in [4.78, 5) is 9.82. The predicted molar refractivity (Wildman–Crippen MR) is 110 cm³/mol. The van der Waals surface area contributed by atoms with Crippen LogP contribution >= 0.6 is 0 Å². The molecule has 2 atom stereocenters. The molecular formula is C20H43N5. The van der Waals surface area contributed by atoms with Gasteiger partial charge in [0.1, 0.15) is 0 Å². The van der Waals surface area contributed by atoms with Gasteiger partial charge < -0.3 is 20.4 Å². The molecule has 0 aliphatic carbocycles. The third-order valence-corrected chi connectivity index (χ3v) is 4.87. The van der Waals surface area contributed by atoms with Crippen molar-refractivity contribution in [3.05, 3.63) is 0 Å². The number of nitrogens with one attached hydrogen (secondary N) is 2. The molecule has 0 saturated carbocycles. The summed E-state index contributed by atoms with van der Waals surface area (Å²) in [5, 5.41) is 6.97. The van der Waals surface area contributed by atoms with Crippen LogP contribution in [0.3, 0.4) is 0 Å². The molecule has 0 aromatic rings. The summed E-state index contributed by atoms with van der Waals surface area (Å²) in [6.07, 6.45) is 3.80. The molecule has 2 unspecified atom stereocenters. The summed E-state index contributed by atoms with van der Waals surface area (Å²) in [5.41, 5.74) is 0. The summed E-state index contributed by atoms with van der Waals surface area (Å²) in [5.74, 6) is 2.37. The SMILES string of the molecule is CCNC(=NCC(C)CN1CCN(C)CC1)NC(C)CCCC(C)C. The molecule has 1 aliphatic heterocycles. The van der Waals surface area contributed by atoms with E-state index in [2.05, 4.69) is 62.1 Å². The molecule has 0 aromatic carbocycles. The summed E-state index contributed by atoms with van der Waals surface area (Å²) in [7, 11) is 2.21. The van der Waals surface area contributed by atoms with Gasteiger partial charge in [-0.3, -0.25) is 4.99 Å². The molecule has 0 radical (unpaired) electrons. The third kappa shape index (κ3) is 10.7. The van der Waals surface area contributed by atoms with Gasteiger partial charge in [0.15, 0.2) is 5.96 Å². The van der Waals surface area contributed by atoms with E-state index in [1.165, 1.54) is 45.4 Å². The van der Waals surface area contributed by atoms with E-state index in [1.54, 1.807) is 0 Å². The van der Waals surface area contributed by atoms with Gasteiger partial charge >= 0.3 is 0 Å². The first kappa shape index (κ1) is 22.2. The van der Waals surface area contributed by atoms with Gasteiger partial charge in [-0.25, -0.2) is 0 Å². The fourth-order valence-electron chi connectivity index (χ4n) is 3.23. The Bertz CT molecular complexity index is 361. The molecule has 148 valence electrons. The van der Waals surface area contributed by atoms with Crippen LogP contribution < -0.4 is 10.6 Å². The Morgan fingerprint density at radius 3 is 2.32 bits per heavy atom. The van der Waals surface area contributed by atoms with Crippen LogP contribution in [0.25, 0.3) is 0 Å². The lowest BCUT2D eigenvalue weighted by molar-refractivity contribution is 0.140. The zero-order chi connectivity index (χ0) is 18.7. The van der Waals surface area contributed by atoms with Crippen LogP contribution in [0.15, 0.2) is 4.99 Å². The average Bonchev–Trinajstić information content (AvgIpc) is 2.54. The van der Waals surface area contributed by atoms with Crippen LogP contribution in [0, 0.1) is 11.8 Å². The van der Waals surface area contributed by atoms with Crippen molar-refractivity contribution in [2.45, 2.75) is 59.9 Å². The molecule has 1 saturated heterocycles. The van der Waals surface area contributed by atoms with E-state index in [0.717, 1.165) is 31.5 Å². The maximum absolute atomic E-state index is 4.83. The lowest BCUT2D eigenvalue weighted by Gasteiger charge is -2.33. The number of aliphatic imine (C=N–C) groups is 1. The van der Waals surface area contributed by atoms with Crippen molar-refractivity contribution in [3.63, 3.8) is 0 Å². The molecule has 0 amide bonds. The molecule has 1 aliphatic rings. The van der Waals surface area contributed by atoms with Crippen molar-refractivity contribution in [2.75, 3.05) is 52.9 Å². The number of piperazine rings is 1. The van der Waals surface area contributed by atoms with Gasteiger partial charge in [-0.2, -0.15) is 0 Å². The topological polar surface area (TPSA) is 42.9 Å². The van der Waals surface area contributed by atoms with E-state index in [4.69, 9.17) is 4.99 Å². The van der Waals surface area contributed by atoms with Gasteiger partial charge in [0.25, 0.3) is 0 Å². The minimum Gasteiger partial charge on any atom is -0.357 e. The quantitative estimate of drug-likeness (QED) is 0.468. The molecule has 25 heavy (non-hydrogen) atoms. The first-order valence-corrected chi connectivity index (χ1v) is 10.4. The first-order valence-electron chi connectivity index (χ1n) is 10.4. The summed E-state index contributed by atoms with van der Waals surface area (Å²) >= 11 is 0. The number of guanidine groups is 1. The molecule has 1 heterocycles. The summed E-state index contributed by atoms with van der Waals surface area (Å²) in [6, 6.07) is 0.476. The van der Waals surface area contributed by atoms with E-state index in [1.807, 2.05) is 0 Å². The Morgan fingerprint density at radius 2 is 1.72 bits per heavy atom. The van der Waals surface area contributed by atoms with Gasteiger partial charge in [0.05, 0.1) is 0 Å². The summed E-state index contributed by atoms with van der Waals surface area (Å²) in [6.45, 7) is 19.0. The molecule has 0 aromatic heterocycles. The van der Waals surface area contributed by atoms with E-state index in [9.17, 15) is 0 Å². The maximum Gasteiger partial charge on any atom is 0.191 e. The molecule has 2 N–H and O–H groups in total. The second-order valence-corrected chi connectivity index (χ2v) is 8.30. The van der Waals surface area contributed by atoms with Crippen LogP contribution in [-0.2, 0) is 0 Å². The van der Waals surface area contributed by atoms with Crippen LogP contribution in [0.2, 0.25) is 0 Å². The van der Waals surface area contributed by atoms with Gasteiger partial charge in [0, 0.05) is 51.9 Å². The molecule has 5 heteroatoms. The zero-order valence-electron chi connectivity index (χ0n) is 17.6. The second-order valence-electron chi connectivity index (χ2n) is 8.30. The Labute approximate surface area is 156 Å². The average molecular weight is 354 g/mol. The maximum atomic E-state index is 4.83. The minimum atomic E-state index is 0.476. The molecule has 5 nitrogen and oxygen atoms in total. The standard InChI is InChI=1S/C20H43N5/c1-7-21-20(23-19(5)10-8-9-17(2)3)22-15-18(4)16-25-13-11-24(6)12-14-25/h17-19H,7-16H2,1-6H3,(H2,21,22,23). The highest BCUT2D eigenvalue weighted by Crippen LogP contribution is 2.08. The molecule has 1 rings (SSSR count). The van der Waals surface area contributed by atoms with Crippen molar-refractivity contribution in [2.24, 2.45) is 16.8 Å². The highest BCUT2D eigenvalue weighted by Gasteiger charge is 2.16. The minimum absolute atomic E-state index is 0.476. The van der Waals surface area contributed by atoms with Crippen LogP contribution in [-0.4, -0.2) is 74.7 Å². The van der Waals surface area contributed by atoms with E-state index < -0.39 is 0 Å². The van der Waals surface area contributed by atoms with Gasteiger partial charge in [-0.05, 0) is 39.2 Å². The highest BCUT2D eigenvalue weighted by atomic mass is 15.2. The number of hydrogen-bond donors (Lipinski definition) is 2. The van der Waals surface area contributed by atoms with Gasteiger partial charge in [0.2, 0.25) is 0 Å². The van der Waals surface area contributed by atoms with Crippen LogP contribution in [0.5, 0.6) is 0 Å². The molecule has 1 fully saturated rings. The molecule has 0 bridgehead atoms. The van der Waals surface area contributed by atoms with Crippen molar-refractivity contribution in [3.8, 4) is 0 Å². The Morgan fingerprint density at radius 1 is 1.04 bits per heavy atom. The zero-order valence-corrected chi connectivity index (χ0v) is 17.6.